The number of anilines is 1. The van der Waals surface area contributed by atoms with Crippen LogP contribution in [0.3, 0.4) is 0 Å². The summed E-state index contributed by atoms with van der Waals surface area (Å²) in [6.07, 6.45) is 0.0914. The Balaban J connectivity index is 2.08. The second kappa shape index (κ2) is 3.23. The largest absolute Gasteiger partial charge is 0.325 e. The van der Waals surface area contributed by atoms with Crippen molar-refractivity contribution in [1.29, 1.82) is 0 Å². The Kier molecular flexibility index (Phi) is 1.86. The maximum Gasteiger partial charge on any atom is 0.325 e. The SMILES string of the molecule is CC1NC(=O)N1c1ccc2ccccc2c1. The Morgan fingerprint density at radius 1 is 1.12 bits per heavy atom. The molecular formula is C13H12N2O. The van der Waals surface area contributed by atoms with Gasteiger partial charge in [-0.15, -0.1) is 0 Å². The van der Waals surface area contributed by atoms with Crippen LogP contribution in [0, 0.1) is 0 Å². The Hall–Kier alpha value is -2.03. The van der Waals surface area contributed by atoms with Crippen LogP contribution in [0.1, 0.15) is 6.92 Å². The lowest BCUT2D eigenvalue weighted by Gasteiger charge is -2.39. The van der Waals surface area contributed by atoms with E-state index in [1.807, 2.05) is 37.3 Å². The van der Waals surface area contributed by atoms with Gasteiger partial charge in [0.1, 0.15) is 6.17 Å². The molecule has 0 aliphatic carbocycles. The van der Waals surface area contributed by atoms with Gasteiger partial charge in [0, 0.05) is 5.69 Å². The zero-order chi connectivity index (χ0) is 11.1. The number of nitrogens with zero attached hydrogens (tertiary/aromatic N) is 1. The van der Waals surface area contributed by atoms with Crippen LogP contribution in [-0.4, -0.2) is 12.2 Å². The number of urea groups is 1. The van der Waals surface area contributed by atoms with Gasteiger partial charge in [0.05, 0.1) is 0 Å². The summed E-state index contributed by atoms with van der Waals surface area (Å²) in [6.45, 7) is 1.97. The van der Waals surface area contributed by atoms with Crippen LogP contribution in [-0.2, 0) is 0 Å². The van der Waals surface area contributed by atoms with Crippen LogP contribution < -0.4 is 10.2 Å². The molecule has 0 spiro atoms. The minimum atomic E-state index is -0.0252. The highest BCUT2D eigenvalue weighted by molar-refractivity contribution is 6.00. The maximum atomic E-state index is 11.4. The minimum absolute atomic E-state index is 0.0252. The predicted molar refractivity (Wildman–Crippen MR) is 64.4 cm³/mol. The first-order valence-corrected chi connectivity index (χ1v) is 5.34. The second-order valence-corrected chi connectivity index (χ2v) is 4.03. The number of rotatable bonds is 1. The van der Waals surface area contributed by atoms with Gasteiger partial charge < -0.3 is 5.32 Å². The van der Waals surface area contributed by atoms with Crippen LogP contribution in [0.5, 0.6) is 0 Å². The van der Waals surface area contributed by atoms with Gasteiger partial charge in [-0.2, -0.15) is 0 Å². The standard InChI is InChI=1S/C13H12N2O/c1-9-14-13(16)15(9)12-7-6-10-4-2-3-5-11(10)8-12/h2-9H,1H3,(H,14,16). The molecule has 1 fully saturated rings. The van der Waals surface area contributed by atoms with Crippen molar-refractivity contribution in [3.8, 4) is 0 Å². The van der Waals surface area contributed by atoms with Gasteiger partial charge in [-0.05, 0) is 29.8 Å². The van der Waals surface area contributed by atoms with Gasteiger partial charge in [-0.1, -0.05) is 30.3 Å². The third kappa shape index (κ3) is 1.25. The summed E-state index contributed by atoms with van der Waals surface area (Å²) in [5.74, 6) is 0. The van der Waals surface area contributed by atoms with Crippen LogP contribution in [0.25, 0.3) is 10.8 Å². The van der Waals surface area contributed by atoms with Gasteiger partial charge in [0.2, 0.25) is 0 Å². The van der Waals surface area contributed by atoms with Gasteiger partial charge >= 0.3 is 6.03 Å². The summed E-state index contributed by atoms with van der Waals surface area (Å²) in [5.41, 5.74) is 0.954. The van der Waals surface area contributed by atoms with E-state index in [0.717, 1.165) is 11.1 Å². The molecule has 2 amide bonds. The molecule has 2 aromatic carbocycles. The molecule has 3 rings (SSSR count). The van der Waals surface area contributed by atoms with E-state index in [1.165, 1.54) is 5.39 Å². The number of hydrogen-bond acceptors (Lipinski definition) is 1. The van der Waals surface area contributed by atoms with Crippen molar-refractivity contribution in [3.05, 3.63) is 42.5 Å². The number of carbonyl (C=O) groups excluding carboxylic acids is 1. The molecule has 1 atom stereocenters. The van der Waals surface area contributed by atoms with E-state index in [0.29, 0.717) is 0 Å². The molecule has 0 bridgehead atoms. The number of fused-ring (bicyclic) bond motifs is 1. The highest BCUT2D eigenvalue weighted by Crippen LogP contribution is 2.26. The third-order valence-electron chi connectivity index (χ3n) is 2.95. The molecule has 0 radical (unpaired) electrons. The molecule has 80 valence electrons. The van der Waals surface area contributed by atoms with Crippen molar-refractivity contribution < 1.29 is 4.79 Å². The quantitative estimate of drug-likeness (QED) is 0.774. The van der Waals surface area contributed by atoms with Gasteiger partial charge in [-0.3, -0.25) is 4.90 Å². The van der Waals surface area contributed by atoms with E-state index in [1.54, 1.807) is 4.90 Å². The molecular weight excluding hydrogens is 200 g/mol. The van der Waals surface area contributed by atoms with Gasteiger partial charge in [0.25, 0.3) is 0 Å². The summed E-state index contributed by atoms with van der Waals surface area (Å²) < 4.78 is 0. The molecule has 2 aromatic rings. The monoisotopic (exact) mass is 212 g/mol. The molecule has 1 saturated heterocycles. The third-order valence-corrected chi connectivity index (χ3v) is 2.95. The molecule has 1 N–H and O–H groups in total. The van der Waals surface area contributed by atoms with Crippen LogP contribution >= 0.6 is 0 Å². The van der Waals surface area contributed by atoms with E-state index in [2.05, 4.69) is 17.4 Å². The first kappa shape index (κ1) is 9.21. The Morgan fingerprint density at radius 3 is 2.56 bits per heavy atom. The minimum Gasteiger partial charge on any atom is -0.317 e. The van der Waals surface area contributed by atoms with Crippen LogP contribution in [0.2, 0.25) is 0 Å². The zero-order valence-electron chi connectivity index (χ0n) is 8.97. The number of carbonyl (C=O) groups is 1. The molecule has 1 unspecified atom stereocenters. The van der Waals surface area contributed by atoms with E-state index in [-0.39, 0.29) is 12.2 Å². The molecule has 1 aliphatic rings. The number of hydrogen-bond donors (Lipinski definition) is 1. The topological polar surface area (TPSA) is 32.3 Å². The second-order valence-electron chi connectivity index (χ2n) is 4.03. The van der Waals surface area contributed by atoms with Crippen molar-refractivity contribution >= 4 is 22.5 Å². The fraction of sp³-hybridized carbons (Fsp3) is 0.154. The van der Waals surface area contributed by atoms with Gasteiger partial charge in [-0.25, -0.2) is 4.79 Å². The Morgan fingerprint density at radius 2 is 1.88 bits per heavy atom. The molecule has 1 aliphatic heterocycles. The van der Waals surface area contributed by atoms with Crippen LogP contribution in [0.4, 0.5) is 10.5 Å². The van der Waals surface area contributed by atoms with Crippen molar-refractivity contribution in [2.24, 2.45) is 0 Å². The van der Waals surface area contributed by atoms with E-state index in [9.17, 15) is 4.79 Å². The molecule has 0 saturated carbocycles. The fourth-order valence-electron chi connectivity index (χ4n) is 2.09. The number of benzene rings is 2. The number of nitrogens with one attached hydrogen (secondary N) is 1. The Labute approximate surface area is 93.7 Å². The average Bonchev–Trinajstić information content (AvgIpc) is 2.28. The smallest absolute Gasteiger partial charge is 0.317 e. The highest BCUT2D eigenvalue weighted by Gasteiger charge is 2.32. The molecule has 1 heterocycles. The Bertz CT molecular complexity index is 565. The first-order chi connectivity index (χ1) is 7.75. The van der Waals surface area contributed by atoms with Crippen molar-refractivity contribution in [2.75, 3.05) is 4.90 Å². The lowest BCUT2D eigenvalue weighted by atomic mass is 10.1. The van der Waals surface area contributed by atoms with Crippen molar-refractivity contribution in [2.45, 2.75) is 13.1 Å². The van der Waals surface area contributed by atoms with E-state index >= 15 is 0 Å². The average molecular weight is 212 g/mol. The lowest BCUT2D eigenvalue weighted by molar-refractivity contribution is 0.225. The summed E-state index contributed by atoms with van der Waals surface area (Å²) in [5, 5.41) is 5.14. The molecule has 3 heteroatoms. The lowest BCUT2D eigenvalue weighted by Crippen LogP contribution is -2.64. The molecule has 3 nitrogen and oxygen atoms in total. The van der Waals surface area contributed by atoms with E-state index in [4.69, 9.17) is 0 Å². The molecule has 16 heavy (non-hydrogen) atoms. The number of amides is 2. The summed E-state index contributed by atoms with van der Waals surface area (Å²) in [7, 11) is 0. The molecule has 0 aromatic heterocycles. The fourth-order valence-corrected chi connectivity index (χ4v) is 2.09. The van der Waals surface area contributed by atoms with E-state index < -0.39 is 0 Å². The zero-order valence-corrected chi connectivity index (χ0v) is 8.97. The summed E-state index contributed by atoms with van der Waals surface area (Å²) >= 11 is 0. The van der Waals surface area contributed by atoms with Crippen molar-refractivity contribution in [3.63, 3.8) is 0 Å². The van der Waals surface area contributed by atoms with Gasteiger partial charge in [0.15, 0.2) is 0 Å². The van der Waals surface area contributed by atoms with Crippen molar-refractivity contribution in [1.82, 2.24) is 5.32 Å². The summed E-state index contributed by atoms with van der Waals surface area (Å²) in [4.78, 5) is 13.1. The highest BCUT2D eigenvalue weighted by atomic mass is 16.2. The normalized spacial score (nSPS) is 19.4. The first-order valence-electron chi connectivity index (χ1n) is 5.34. The predicted octanol–water partition coefficient (Wildman–Crippen LogP) is 2.72. The van der Waals surface area contributed by atoms with Crippen LogP contribution in [0.15, 0.2) is 42.5 Å². The summed E-state index contributed by atoms with van der Waals surface area (Å²) in [6, 6.07) is 14.2. The maximum absolute atomic E-state index is 11.4.